The number of imide groups is 1. The summed E-state index contributed by atoms with van der Waals surface area (Å²) in [6.45, 7) is 13.8. The van der Waals surface area contributed by atoms with Crippen LogP contribution >= 0.6 is 0 Å². The molecule has 3 amide bonds. The van der Waals surface area contributed by atoms with E-state index in [0.29, 0.717) is 38.6 Å². The molecule has 0 aromatic carbocycles. The van der Waals surface area contributed by atoms with Crippen molar-refractivity contribution in [1.29, 1.82) is 0 Å². The van der Waals surface area contributed by atoms with Gasteiger partial charge >= 0.3 is 0 Å². The summed E-state index contributed by atoms with van der Waals surface area (Å²) in [7, 11) is 0. The summed E-state index contributed by atoms with van der Waals surface area (Å²) in [4.78, 5) is 63.2. The number of Topliss-reactive ketones (excluding diaryl/α,β-unsaturated/α-hetero) is 2. The number of carbonyl (C=O) groups excluding carboxylic acids is 5. The molecule has 0 aliphatic carbocycles. The number of unbranched alkanes of at least 4 members (excludes halogenated alkanes) is 2. The third-order valence-corrected chi connectivity index (χ3v) is 6.46. The maximum Gasteiger partial charge on any atom is 0.233 e. The monoisotopic (exact) mass is 464 g/mol. The summed E-state index contributed by atoms with van der Waals surface area (Å²) in [5.74, 6) is -0.666. The maximum absolute atomic E-state index is 12.7. The molecule has 1 rings (SSSR count). The van der Waals surface area contributed by atoms with Gasteiger partial charge in [-0.3, -0.25) is 28.9 Å². The second-order valence-corrected chi connectivity index (χ2v) is 10.6. The number of likely N-dealkylation sites (tertiary alicyclic amines) is 1. The van der Waals surface area contributed by atoms with Gasteiger partial charge in [-0.25, -0.2) is 0 Å². The molecule has 0 radical (unpaired) electrons. The van der Waals surface area contributed by atoms with Gasteiger partial charge in [-0.2, -0.15) is 0 Å². The standard InChI is InChI=1S/C26H44N2O5/c1-16(2)13-23(30)19(7)27-25(32)21(17(3)4)14-20(29)11-9-8-10-12-28-24(31)15-22(18(5)6)26(28)33/h16-19,21-22H,8-15H2,1-7H3,(H,27,32)/t19-,21-,22?/m0/s1. The number of nitrogens with one attached hydrogen (secondary N) is 1. The van der Waals surface area contributed by atoms with Crippen LogP contribution in [0.2, 0.25) is 0 Å². The van der Waals surface area contributed by atoms with Crippen LogP contribution < -0.4 is 5.32 Å². The molecule has 1 N–H and O–H groups in total. The fourth-order valence-electron chi connectivity index (χ4n) is 4.19. The number of ketones is 2. The Morgan fingerprint density at radius 2 is 1.58 bits per heavy atom. The molecule has 3 atom stereocenters. The Morgan fingerprint density at radius 1 is 0.939 bits per heavy atom. The van der Waals surface area contributed by atoms with Gasteiger partial charge in [0.05, 0.1) is 6.04 Å². The zero-order valence-electron chi connectivity index (χ0n) is 21.6. The molecule has 1 saturated heterocycles. The first-order valence-corrected chi connectivity index (χ1v) is 12.5. The molecule has 1 fully saturated rings. The van der Waals surface area contributed by atoms with Crippen LogP contribution in [0.1, 0.15) is 93.4 Å². The van der Waals surface area contributed by atoms with Crippen molar-refractivity contribution >= 4 is 29.3 Å². The largest absolute Gasteiger partial charge is 0.346 e. The van der Waals surface area contributed by atoms with Crippen LogP contribution in [0.4, 0.5) is 0 Å². The number of carbonyl (C=O) groups is 5. The molecule has 1 unspecified atom stereocenters. The summed E-state index contributed by atoms with van der Waals surface area (Å²) in [6.07, 6.45) is 3.34. The smallest absolute Gasteiger partial charge is 0.233 e. The first-order valence-electron chi connectivity index (χ1n) is 12.5. The number of hydrogen-bond donors (Lipinski definition) is 1. The Labute approximate surface area is 199 Å². The van der Waals surface area contributed by atoms with Crippen LogP contribution in [0.25, 0.3) is 0 Å². The Kier molecular flexibility index (Phi) is 12.0. The van der Waals surface area contributed by atoms with Crippen LogP contribution in [-0.4, -0.2) is 46.8 Å². The van der Waals surface area contributed by atoms with E-state index >= 15 is 0 Å². The van der Waals surface area contributed by atoms with Gasteiger partial charge in [0.1, 0.15) is 5.78 Å². The summed E-state index contributed by atoms with van der Waals surface area (Å²) < 4.78 is 0. The number of amides is 3. The highest BCUT2D eigenvalue weighted by Crippen LogP contribution is 2.26. The summed E-state index contributed by atoms with van der Waals surface area (Å²) in [5, 5.41) is 2.79. The van der Waals surface area contributed by atoms with Gasteiger partial charge in [-0.1, -0.05) is 48.0 Å². The maximum atomic E-state index is 12.7. The third kappa shape index (κ3) is 9.38. The Hall–Kier alpha value is -2.05. The van der Waals surface area contributed by atoms with Crippen molar-refractivity contribution in [3.8, 4) is 0 Å². The normalized spacial score (nSPS) is 18.4. The lowest BCUT2D eigenvalue weighted by Crippen LogP contribution is -2.43. The quantitative estimate of drug-likeness (QED) is 0.292. The van der Waals surface area contributed by atoms with Gasteiger partial charge in [-0.05, 0) is 37.5 Å². The topological polar surface area (TPSA) is 101 Å². The van der Waals surface area contributed by atoms with E-state index in [1.165, 1.54) is 4.90 Å². The zero-order chi connectivity index (χ0) is 25.3. The van der Waals surface area contributed by atoms with Crippen LogP contribution in [0, 0.1) is 29.6 Å². The second-order valence-electron chi connectivity index (χ2n) is 10.6. The van der Waals surface area contributed by atoms with E-state index in [9.17, 15) is 24.0 Å². The summed E-state index contributed by atoms with van der Waals surface area (Å²) >= 11 is 0. The zero-order valence-corrected chi connectivity index (χ0v) is 21.6. The lowest BCUT2D eigenvalue weighted by atomic mass is 9.88. The van der Waals surface area contributed by atoms with Crippen molar-refractivity contribution in [2.24, 2.45) is 29.6 Å². The van der Waals surface area contributed by atoms with Crippen LogP contribution in [0.3, 0.4) is 0 Å². The molecule has 0 aromatic rings. The van der Waals surface area contributed by atoms with Crippen molar-refractivity contribution in [3.63, 3.8) is 0 Å². The molecular weight excluding hydrogens is 420 g/mol. The minimum absolute atomic E-state index is 0.00173. The van der Waals surface area contributed by atoms with E-state index in [-0.39, 0.29) is 59.4 Å². The lowest BCUT2D eigenvalue weighted by molar-refractivity contribution is -0.139. The summed E-state index contributed by atoms with van der Waals surface area (Å²) in [6, 6.07) is -0.553. The molecule has 1 aliphatic rings. The van der Waals surface area contributed by atoms with Crippen LogP contribution in [-0.2, 0) is 24.0 Å². The highest BCUT2D eigenvalue weighted by atomic mass is 16.2. The molecule has 0 spiro atoms. The van der Waals surface area contributed by atoms with E-state index < -0.39 is 12.0 Å². The van der Waals surface area contributed by atoms with Gasteiger partial charge in [-0.15, -0.1) is 0 Å². The molecule has 33 heavy (non-hydrogen) atoms. The van der Waals surface area contributed by atoms with Crippen molar-refractivity contribution < 1.29 is 24.0 Å². The molecule has 188 valence electrons. The fraction of sp³-hybridized carbons (Fsp3) is 0.808. The molecule has 7 heteroatoms. The second kappa shape index (κ2) is 13.6. The highest BCUT2D eigenvalue weighted by Gasteiger charge is 2.39. The fourth-order valence-corrected chi connectivity index (χ4v) is 4.19. The van der Waals surface area contributed by atoms with Crippen LogP contribution in [0.15, 0.2) is 0 Å². The molecular formula is C26H44N2O5. The van der Waals surface area contributed by atoms with Gasteiger partial charge in [0.15, 0.2) is 5.78 Å². The molecule has 1 heterocycles. The SMILES string of the molecule is CC(C)CC(=O)[C@H](C)NC(=O)[C@@H](CC(=O)CCCCCN1C(=O)CC(C(C)C)C1=O)C(C)C. The molecule has 0 aromatic heterocycles. The molecule has 1 aliphatic heterocycles. The van der Waals surface area contributed by atoms with E-state index in [0.717, 1.165) is 6.42 Å². The third-order valence-electron chi connectivity index (χ3n) is 6.46. The van der Waals surface area contributed by atoms with Gasteiger partial charge in [0, 0.05) is 44.1 Å². The molecule has 7 nitrogen and oxygen atoms in total. The highest BCUT2D eigenvalue weighted by molar-refractivity contribution is 6.03. The molecule has 0 bridgehead atoms. The lowest BCUT2D eigenvalue weighted by Gasteiger charge is -2.22. The van der Waals surface area contributed by atoms with Gasteiger partial charge in [0.25, 0.3) is 0 Å². The van der Waals surface area contributed by atoms with Crippen molar-refractivity contribution in [1.82, 2.24) is 10.2 Å². The minimum Gasteiger partial charge on any atom is -0.346 e. The molecule has 0 saturated carbocycles. The predicted molar refractivity (Wildman–Crippen MR) is 128 cm³/mol. The van der Waals surface area contributed by atoms with Crippen molar-refractivity contribution in [2.75, 3.05) is 6.54 Å². The Balaban J connectivity index is 2.41. The van der Waals surface area contributed by atoms with Crippen LogP contribution in [0.5, 0.6) is 0 Å². The number of rotatable bonds is 15. The van der Waals surface area contributed by atoms with E-state index in [4.69, 9.17) is 0 Å². The number of nitrogens with zero attached hydrogens (tertiary/aromatic N) is 1. The van der Waals surface area contributed by atoms with Crippen molar-refractivity contribution in [3.05, 3.63) is 0 Å². The first kappa shape index (κ1) is 29.0. The summed E-state index contributed by atoms with van der Waals surface area (Å²) in [5.41, 5.74) is 0. The van der Waals surface area contributed by atoms with E-state index in [2.05, 4.69) is 5.32 Å². The van der Waals surface area contributed by atoms with Gasteiger partial charge in [0.2, 0.25) is 17.7 Å². The van der Waals surface area contributed by atoms with Gasteiger partial charge < -0.3 is 5.32 Å². The van der Waals surface area contributed by atoms with E-state index in [1.807, 2.05) is 41.5 Å². The predicted octanol–water partition coefficient (Wildman–Crippen LogP) is 3.93. The average Bonchev–Trinajstić information content (AvgIpc) is 2.99. The first-order chi connectivity index (χ1) is 15.3. The van der Waals surface area contributed by atoms with E-state index in [1.54, 1.807) is 6.92 Å². The minimum atomic E-state index is -0.553. The number of hydrogen-bond acceptors (Lipinski definition) is 5. The van der Waals surface area contributed by atoms with Crippen molar-refractivity contribution in [2.45, 2.75) is 99.5 Å². The Morgan fingerprint density at radius 3 is 2.09 bits per heavy atom. The average molecular weight is 465 g/mol. The Bertz CT molecular complexity index is 713.